The van der Waals surface area contributed by atoms with Crippen molar-refractivity contribution in [1.82, 2.24) is 5.32 Å². The molecule has 1 aliphatic heterocycles. The molecule has 3 atom stereocenters. The zero-order valence-corrected chi connectivity index (χ0v) is 11.5. The Balaban J connectivity index is 2.52. The van der Waals surface area contributed by atoms with Crippen LogP contribution in [0.2, 0.25) is 0 Å². The van der Waals surface area contributed by atoms with Crippen LogP contribution < -0.4 is 5.32 Å². The topological polar surface area (TPSA) is 75.6 Å². The molecule has 1 heterocycles. The summed E-state index contributed by atoms with van der Waals surface area (Å²) in [5, 5.41) is 11.8. The summed E-state index contributed by atoms with van der Waals surface area (Å²) in [4.78, 5) is 22.8. The first-order chi connectivity index (χ1) is 8.23. The van der Waals surface area contributed by atoms with Gasteiger partial charge < -0.3 is 15.2 Å². The highest BCUT2D eigenvalue weighted by molar-refractivity contribution is 5.84. The van der Waals surface area contributed by atoms with Gasteiger partial charge in [-0.1, -0.05) is 13.8 Å². The van der Waals surface area contributed by atoms with Crippen LogP contribution >= 0.6 is 0 Å². The molecule has 1 saturated heterocycles. The van der Waals surface area contributed by atoms with E-state index in [2.05, 4.69) is 5.32 Å². The van der Waals surface area contributed by atoms with Gasteiger partial charge in [0.05, 0.1) is 11.5 Å². The van der Waals surface area contributed by atoms with Crippen LogP contribution in [0.25, 0.3) is 0 Å². The van der Waals surface area contributed by atoms with Crippen LogP contribution in [0.5, 0.6) is 0 Å². The Morgan fingerprint density at radius 2 is 1.94 bits per heavy atom. The fourth-order valence-corrected chi connectivity index (χ4v) is 2.13. The van der Waals surface area contributed by atoms with Crippen molar-refractivity contribution in [3.8, 4) is 0 Å². The molecule has 0 saturated carbocycles. The van der Waals surface area contributed by atoms with Crippen LogP contribution in [-0.2, 0) is 14.3 Å². The Morgan fingerprint density at radius 3 is 2.44 bits per heavy atom. The summed E-state index contributed by atoms with van der Waals surface area (Å²) >= 11 is 0. The third-order valence-electron chi connectivity index (χ3n) is 3.60. The number of aliphatic carboxylic acids is 1. The predicted octanol–water partition coefficient (Wildman–Crippen LogP) is 1.42. The molecule has 1 fully saturated rings. The quantitative estimate of drug-likeness (QED) is 0.798. The monoisotopic (exact) mass is 257 g/mol. The van der Waals surface area contributed by atoms with Gasteiger partial charge in [-0.2, -0.15) is 0 Å². The third-order valence-corrected chi connectivity index (χ3v) is 3.60. The van der Waals surface area contributed by atoms with Crippen LogP contribution in [0, 0.1) is 11.8 Å². The van der Waals surface area contributed by atoms with Gasteiger partial charge in [0.1, 0.15) is 0 Å². The average Bonchev–Trinajstić information content (AvgIpc) is 2.25. The highest BCUT2D eigenvalue weighted by atomic mass is 16.5. The molecule has 1 aliphatic rings. The van der Waals surface area contributed by atoms with E-state index >= 15 is 0 Å². The number of rotatable bonds is 4. The lowest BCUT2D eigenvalue weighted by molar-refractivity contribution is -0.146. The molecule has 5 heteroatoms. The van der Waals surface area contributed by atoms with Gasteiger partial charge >= 0.3 is 5.97 Å². The summed E-state index contributed by atoms with van der Waals surface area (Å²) in [7, 11) is 0. The molecule has 0 aromatic heterocycles. The van der Waals surface area contributed by atoms with Crippen LogP contribution in [0.4, 0.5) is 0 Å². The second-order valence-electron chi connectivity index (χ2n) is 5.72. The van der Waals surface area contributed by atoms with E-state index in [0.29, 0.717) is 6.61 Å². The highest BCUT2D eigenvalue weighted by Crippen LogP contribution is 2.24. The number of carboxylic acid groups (broad SMARTS) is 1. The van der Waals surface area contributed by atoms with E-state index in [4.69, 9.17) is 9.84 Å². The van der Waals surface area contributed by atoms with Crippen LogP contribution in [0.3, 0.4) is 0 Å². The molecule has 5 nitrogen and oxygen atoms in total. The number of hydrogen-bond donors (Lipinski definition) is 2. The van der Waals surface area contributed by atoms with Gasteiger partial charge in [-0.15, -0.1) is 0 Å². The summed E-state index contributed by atoms with van der Waals surface area (Å²) in [5.41, 5.74) is -0.224. The fraction of sp³-hybridized carbons (Fsp3) is 0.846. The second kappa shape index (κ2) is 5.69. The molecule has 0 bridgehead atoms. The molecule has 0 aromatic carbocycles. The van der Waals surface area contributed by atoms with Crippen LogP contribution in [-0.4, -0.2) is 35.2 Å². The predicted molar refractivity (Wildman–Crippen MR) is 67.2 cm³/mol. The van der Waals surface area contributed by atoms with E-state index in [1.807, 2.05) is 13.8 Å². The third kappa shape index (κ3) is 3.98. The summed E-state index contributed by atoms with van der Waals surface area (Å²) in [6, 6.07) is 0.0738. The lowest BCUT2D eigenvalue weighted by atomic mass is 9.91. The van der Waals surface area contributed by atoms with Crippen molar-refractivity contribution in [2.24, 2.45) is 11.8 Å². The molecule has 0 aromatic rings. The summed E-state index contributed by atoms with van der Waals surface area (Å²) < 4.78 is 5.58. The van der Waals surface area contributed by atoms with Gasteiger partial charge in [0.25, 0.3) is 0 Å². The molecule has 3 unspecified atom stereocenters. The van der Waals surface area contributed by atoms with Crippen molar-refractivity contribution in [2.75, 3.05) is 6.61 Å². The molecular formula is C13H23NO4. The van der Waals surface area contributed by atoms with Crippen molar-refractivity contribution < 1.29 is 19.4 Å². The number of nitrogens with one attached hydrogen (secondary N) is 1. The maximum absolute atomic E-state index is 12.0. The van der Waals surface area contributed by atoms with Gasteiger partial charge in [0, 0.05) is 18.6 Å². The van der Waals surface area contributed by atoms with Crippen molar-refractivity contribution in [3.63, 3.8) is 0 Å². The molecule has 1 rings (SSSR count). The van der Waals surface area contributed by atoms with Gasteiger partial charge in [-0.25, -0.2) is 0 Å². The van der Waals surface area contributed by atoms with Crippen molar-refractivity contribution in [2.45, 2.75) is 52.2 Å². The normalized spacial score (nSPS) is 26.1. The Morgan fingerprint density at radius 1 is 1.33 bits per heavy atom. The molecule has 104 valence electrons. The Kier molecular flexibility index (Phi) is 4.73. The van der Waals surface area contributed by atoms with E-state index in [1.54, 1.807) is 13.8 Å². The Labute approximate surface area is 108 Å². The smallest absolute Gasteiger partial charge is 0.307 e. The minimum Gasteiger partial charge on any atom is -0.481 e. The van der Waals surface area contributed by atoms with E-state index in [9.17, 15) is 9.59 Å². The fourth-order valence-electron chi connectivity index (χ4n) is 2.13. The number of ether oxygens (including phenoxy) is 1. The largest absolute Gasteiger partial charge is 0.481 e. The maximum Gasteiger partial charge on any atom is 0.307 e. The first-order valence-corrected chi connectivity index (χ1v) is 6.40. The zero-order chi connectivity index (χ0) is 13.9. The number of carbonyl (C=O) groups is 2. The number of amides is 1. The lowest BCUT2D eigenvalue weighted by Crippen LogP contribution is -2.48. The number of hydrogen-bond acceptors (Lipinski definition) is 3. The van der Waals surface area contributed by atoms with Gasteiger partial charge in [0.2, 0.25) is 5.91 Å². The molecule has 1 amide bonds. The zero-order valence-electron chi connectivity index (χ0n) is 11.5. The first-order valence-electron chi connectivity index (χ1n) is 6.40. The summed E-state index contributed by atoms with van der Waals surface area (Å²) in [5.74, 6) is -2.32. The van der Waals surface area contributed by atoms with Gasteiger partial charge in [0.15, 0.2) is 0 Å². The minimum absolute atomic E-state index is 0.0738. The number of carbonyl (C=O) groups excluding carboxylic acids is 1. The molecule has 2 N–H and O–H groups in total. The van der Waals surface area contributed by atoms with Gasteiger partial charge in [-0.3, -0.25) is 9.59 Å². The van der Waals surface area contributed by atoms with E-state index < -0.39 is 17.8 Å². The lowest BCUT2D eigenvalue weighted by Gasteiger charge is -2.36. The SMILES string of the molecule is CC(C(=O)O)C(C)C(=O)NC1CCOC(C)(C)C1. The average molecular weight is 257 g/mol. The maximum atomic E-state index is 12.0. The van der Waals surface area contributed by atoms with E-state index in [1.165, 1.54) is 0 Å². The molecule has 0 spiro atoms. The van der Waals surface area contributed by atoms with Crippen molar-refractivity contribution in [1.29, 1.82) is 0 Å². The van der Waals surface area contributed by atoms with E-state index in [0.717, 1.165) is 12.8 Å². The Bertz CT molecular complexity index is 327. The van der Waals surface area contributed by atoms with Gasteiger partial charge in [-0.05, 0) is 26.7 Å². The molecular weight excluding hydrogens is 234 g/mol. The molecule has 0 radical (unpaired) electrons. The van der Waals surface area contributed by atoms with Crippen molar-refractivity contribution in [3.05, 3.63) is 0 Å². The standard InChI is InChI=1S/C13H23NO4/c1-8(9(2)12(16)17)11(15)14-10-5-6-18-13(3,4)7-10/h8-10H,5-7H2,1-4H3,(H,14,15)(H,16,17). The number of carboxylic acids is 1. The second-order valence-corrected chi connectivity index (χ2v) is 5.72. The van der Waals surface area contributed by atoms with Crippen molar-refractivity contribution >= 4 is 11.9 Å². The van der Waals surface area contributed by atoms with Crippen LogP contribution in [0.15, 0.2) is 0 Å². The Hall–Kier alpha value is -1.10. The first kappa shape index (κ1) is 15.0. The molecule has 0 aliphatic carbocycles. The minimum atomic E-state index is -0.940. The summed E-state index contributed by atoms with van der Waals surface area (Å²) in [6.45, 7) is 7.82. The van der Waals surface area contributed by atoms with Crippen LogP contribution in [0.1, 0.15) is 40.5 Å². The summed E-state index contributed by atoms with van der Waals surface area (Å²) in [6.07, 6.45) is 1.54. The highest BCUT2D eigenvalue weighted by Gasteiger charge is 2.32. The molecule has 18 heavy (non-hydrogen) atoms. The van der Waals surface area contributed by atoms with E-state index in [-0.39, 0.29) is 17.6 Å².